The number of ketones is 1. The molecule has 1 aliphatic rings. The number of aliphatic hydroxyl groups excluding tert-OH is 1. The van der Waals surface area contributed by atoms with E-state index in [1.165, 1.54) is 0 Å². The van der Waals surface area contributed by atoms with E-state index in [-0.39, 0.29) is 6.42 Å². The third-order valence-electron chi connectivity index (χ3n) is 2.47. The van der Waals surface area contributed by atoms with Crippen LogP contribution in [0.1, 0.15) is 13.3 Å². The molecule has 0 heterocycles. The van der Waals surface area contributed by atoms with Crippen molar-refractivity contribution in [3.8, 4) is 0 Å². The predicted molar refractivity (Wildman–Crippen MR) is 53.0 cm³/mol. The minimum atomic E-state index is -2.00. The maximum absolute atomic E-state index is 11.3. The van der Waals surface area contributed by atoms with Crippen LogP contribution in [-0.4, -0.2) is 27.3 Å². The van der Waals surface area contributed by atoms with Gasteiger partial charge in [-0.1, -0.05) is 0 Å². The highest BCUT2D eigenvalue weighted by molar-refractivity contribution is 5.99. The molecule has 0 saturated carbocycles. The number of nitrogens with two attached hydrogens (primary N) is 1. The molecule has 0 aromatic carbocycles. The fourth-order valence-corrected chi connectivity index (χ4v) is 1.43. The summed E-state index contributed by atoms with van der Waals surface area (Å²) in [6.45, 7) is 1.05. The third kappa shape index (κ3) is 1.67. The summed E-state index contributed by atoms with van der Waals surface area (Å²) >= 11 is 0. The summed E-state index contributed by atoms with van der Waals surface area (Å²) in [5.74, 6) is -2.17. The Balaban J connectivity index is 3.34. The van der Waals surface area contributed by atoms with E-state index in [9.17, 15) is 24.8 Å². The van der Waals surface area contributed by atoms with Crippen molar-refractivity contribution in [3.05, 3.63) is 33.6 Å². The Morgan fingerprint density at radius 3 is 2.56 bits per heavy atom. The van der Waals surface area contributed by atoms with Crippen LogP contribution in [0.4, 0.5) is 0 Å². The van der Waals surface area contributed by atoms with Gasteiger partial charge in [-0.25, -0.2) is 0 Å². The maximum Gasteiger partial charge on any atom is 0.301 e. The Morgan fingerprint density at radius 2 is 2.19 bits per heavy atom. The van der Waals surface area contributed by atoms with Gasteiger partial charge in [0.05, 0.1) is 12.0 Å². The summed E-state index contributed by atoms with van der Waals surface area (Å²) in [6.07, 6.45) is 1.56. The lowest BCUT2D eigenvalue weighted by Gasteiger charge is -2.22. The molecule has 0 spiro atoms. The van der Waals surface area contributed by atoms with Crippen molar-refractivity contribution in [2.24, 2.45) is 5.73 Å². The zero-order chi connectivity index (χ0) is 12.5. The number of hydrogen-bond donors (Lipinski definition) is 2. The highest BCUT2D eigenvalue weighted by atomic mass is 16.6. The monoisotopic (exact) mass is 226 g/mol. The van der Waals surface area contributed by atoms with Crippen LogP contribution >= 0.6 is 0 Å². The summed E-state index contributed by atoms with van der Waals surface area (Å²) in [5, 5.41) is 20.2. The molecule has 1 rings (SSSR count). The summed E-state index contributed by atoms with van der Waals surface area (Å²) in [4.78, 5) is 32.3. The number of primary amides is 1. The average Bonchev–Trinajstić information content (AvgIpc) is 2.17. The van der Waals surface area contributed by atoms with E-state index in [1.807, 2.05) is 0 Å². The first-order valence-electron chi connectivity index (χ1n) is 4.39. The zero-order valence-electron chi connectivity index (χ0n) is 8.47. The maximum atomic E-state index is 11.3. The van der Waals surface area contributed by atoms with Gasteiger partial charge in [0, 0.05) is 17.9 Å². The smallest absolute Gasteiger partial charge is 0.301 e. The standard InChI is InChI=1S/C9H10N2O5/c1-5(12)9(11(15)16)3-2-7(13)6(4-9)8(10)14/h2,4,13H,3H2,1H3,(H2,10,14). The van der Waals surface area contributed by atoms with Crippen LogP contribution in [0.15, 0.2) is 23.5 Å². The number of hydrogen-bond acceptors (Lipinski definition) is 5. The number of carbonyl (C=O) groups excluding carboxylic acids is 2. The first-order chi connectivity index (χ1) is 7.31. The second-order valence-electron chi connectivity index (χ2n) is 3.45. The molecule has 0 bridgehead atoms. The van der Waals surface area contributed by atoms with Gasteiger partial charge in [-0.15, -0.1) is 0 Å². The van der Waals surface area contributed by atoms with Gasteiger partial charge in [-0.3, -0.25) is 19.7 Å². The Bertz CT molecular complexity index is 421. The van der Waals surface area contributed by atoms with Crippen molar-refractivity contribution in [1.29, 1.82) is 0 Å². The molecule has 1 unspecified atom stereocenters. The molecule has 0 aliphatic heterocycles. The van der Waals surface area contributed by atoms with E-state index in [0.717, 1.165) is 19.1 Å². The van der Waals surface area contributed by atoms with Crippen LogP contribution in [0.25, 0.3) is 0 Å². The molecular weight excluding hydrogens is 216 g/mol. The van der Waals surface area contributed by atoms with Gasteiger partial charge in [0.25, 0.3) is 5.91 Å². The van der Waals surface area contributed by atoms with E-state index < -0.39 is 33.5 Å². The van der Waals surface area contributed by atoms with Crippen LogP contribution < -0.4 is 5.73 Å². The first kappa shape index (κ1) is 11.9. The predicted octanol–water partition coefficient (Wildman–Crippen LogP) is -0.152. The van der Waals surface area contributed by atoms with Crippen LogP contribution in [0.3, 0.4) is 0 Å². The lowest BCUT2D eigenvalue weighted by atomic mass is 9.84. The number of nitro groups is 1. The Kier molecular flexibility index (Phi) is 2.80. The van der Waals surface area contributed by atoms with Crippen LogP contribution in [0.2, 0.25) is 0 Å². The number of aliphatic hydroxyl groups is 1. The van der Waals surface area contributed by atoms with E-state index in [2.05, 4.69) is 0 Å². The second-order valence-corrected chi connectivity index (χ2v) is 3.45. The van der Waals surface area contributed by atoms with Crippen molar-refractivity contribution >= 4 is 11.7 Å². The minimum Gasteiger partial charge on any atom is -0.507 e. The number of Topliss-reactive ketones (excluding diaryl/α,β-unsaturated/α-hetero) is 1. The van der Waals surface area contributed by atoms with E-state index >= 15 is 0 Å². The molecule has 0 saturated heterocycles. The molecule has 0 radical (unpaired) electrons. The van der Waals surface area contributed by atoms with Gasteiger partial charge >= 0.3 is 5.54 Å². The molecule has 1 aliphatic carbocycles. The van der Waals surface area contributed by atoms with Crippen LogP contribution in [-0.2, 0) is 9.59 Å². The van der Waals surface area contributed by atoms with Gasteiger partial charge in [0.15, 0.2) is 0 Å². The van der Waals surface area contributed by atoms with Crippen molar-refractivity contribution in [3.63, 3.8) is 0 Å². The quantitative estimate of drug-likeness (QED) is 0.511. The first-order valence-corrected chi connectivity index (χ1v) is 4.39. The lowest BCUT2D eigenvalue weighted by Crippen LogP contribution is -2.45. The molecule has 1 atom stereocenters. The van der Waals surface area contributed by atoms with Gasteiger partial charge in [0.1, 0.15) is 5.76 Å². The molecule has 7 heteroatoms. The highest BCUT2D eigenvalue weighted by Crippen LogP contribution is 2.28. The average molecular weight is 226 g/mol. The lowest BCUT2D eigenvalue weighted by molar-refractivity contribution is -0.537. The van der Waals surface area contributed by atoms with Gasteiger partial charge in [-0.05, 0) is 6.08 Å². The Hall–Kier alpha value is -2.18. The fourth-order valence-electron chi connectivity index (χ4n) is 1.43. The molecule has 16 heavy (non-hydrogen) atoms. The Labute approximate surface area is 90.4 Å². The van der Waals surface area contributed by atoms with Gasteiger partial charge in [0.2, 0.25) is 5.78 Å². The van der Waals surface area contributed by atoms with Crippen molar-refractivity contribution < 1.29 is 19.6 Å². The normalized spacial score (nSPS) is 24.3. The Morgan fingerprint density at radius 1 is 1.62 bits per heavy atom. The third-order valence-corrected chi connectivity index (χ3v) is 2.47. The summed E-state index contributed by atoms with van der Waals surface area (Å²) < 4.78 is 0. The molecule has 3 N–H and O–H groups in total. The molecule has 86 valence electrons. The molecule has 0 fully saturated rings. The molecule has 7 nitrogen and oxygen atoms in total. The summed E-state index contributed by atoms with van der Waals surface area (Å²) in [6, 6.07) is 0. The highest BCUT2D eigenvalue weighted by Gasteiger charge is 2.48. The second kappa shape index (κ2) is 3.76. The molecule has 0 aromatic heterocycles. The van der Waals surface area contributed by atoms with Gasteiger partial charge < -0.3 is 10.8 Å². The number of carbonyl (C=O) groups is 2. The van der Waals surface area contributed by atoms with E-state index in [0.29, 0.717) is 0 Å². The van der Waals surface area contributed by atoms with Crippen LogP contribution in [0, 0.1) is 10.1 Å². The van der Waals surface area contributed by atoms with Crippen molar-refractivity contribution in [1.82, 2.24) is 0 Å². The number of nitrogens with zero attached hydrogens (tertiary/aromatic N) is 1. The number of rotatable bonds is 3. The van der Waals surface area contributed by atoms with Gasteiger partial charge in [-0.2, -0.15) is 0 Å². The van der Waals surface area contributed by atoms with E-state index in [1.54, 1.807) is 0 Å². The van der Waals surface area contributed by atoms with Crippen molar-refractivity contribution in [2.45, 2.75) is 18.9 Å². The number of amides is 1. The molecule has 0 aromatic rings. The molecule has 1 amide bonds. The zero-order valence-corrected chi connectivity index (χ0v) is 8.47. The minimum absolute atomic E-state index is 0.294. The topological polar surface area (TPSA) is 124 Å². The van der Waals surface area contributed by atoms with Crippen LogP contribution in [0.5, 0.6) is 0 Å². The molecular formula is C9H10N2O5. The van der Waals surface area contributed by atoms with Crippen molar-refractivity contribution in [2.75, 3.05) is 0 Å². The summed E-state index contributed by atoms with van der Waals surface area (Å²) in [5.41, 5.74) is 2.53. The largest absolute Gasteiger partial charge is 0.507 e. The summed E-state index contributed by atoms with van der Waals surface area (Å²) in [7, 11) is 0. The SMILES string of the molecule is CC(=O)C1([N+](=O)[O-])C=C(C(N)=O)C(O)=CC1. The fraction of sp³-hybridized carbons (Fsp3) is 0.333. The van der Waals surface area contributed by atoms with E-state index in [4.69, 9.17) is 5.73 Å².